The molecule has 5 atom stereocenters. The summed E-state index contributed by atoms with van der Waals surface area (Å²) >= 11 is 0. The van der Waals surface area contributed by atoms with Gasteiger partial charge in [-0.25, -0.2) is 9.37 Å². The Labute approximate surface area is 207 Å². The largest absolute Gasteiger partial charge is 0.444 e. The van der Waals surface area contributed by atoms with Gasteiger partial charge < -0.3 is 9.52 Å². The summed E-state index contributed by atoms with van der Waals surface area (Å²) in [7, 11) is 0. The second-order valence-electron chi connectivity index (χ2n) is 12.1. The number of hydrogen-bond donors (Lipinski definition) is 1. The minimum atomic E-state index is -1.18. The van der Waals surface area contributed by atoms with Crippen LogP contribution in [-0.2, 0) is 11.3 Å². The molecule has 2 aromatic heterocycles. The van der Waals surface area contributed by atoms with E-state index in [1.807, 2.05) is 13.1 Å². The van der Waals surface area contributed by atoms with Crippen molar-refractivity contribution in [1.29, 1.82) is 0 Å². The van der Waals surface area contributed by atoms with Crippen LogP contribution < -0.4 is 0 Å². The Hall–Kier alpha value is -2.02. The SMILES string of the molecule is CCC[C@H]1[C@@H]2CC[C@H](C(=O)Cn3cc(-c4ncco4)cn3)[C@@]2(C)CC[C@@H]1[C@]1(F)CC[C@](C)(O)CC1. The van der Waals surface area contributed by atoms with E-state index in [0.717, 1.165) is 44.1 Å². The lowest BCUT2D eigenvalue weighted by atomic mass is 9.52. The van der Waals surface area contributed by atoms with Gasteiger partial charge in [0, 0.05) is 12.1 Å². The van der Waals surface area contributed by atoms with E-state index >= 15 is 4.39 Å². The number of nitrogens with zero attached hydrogens (tertiary/aromatic N) is 3. The van der Waals surface area contributed by atoms with E-state index in [1.54, 1.807) is 17.1 Å². The number of alkyl halides is 1. The monoisotopic (exact) mass is 485 g/mol. The summed E-state index contributed by atoms with van der Waals surface area (Å²) in [6.07, 6.45) is 14.3. The van der Waals surface area contributed by atoms with Crippen LogP contribution in [0.2, 0.25) is 0 Å². The molecule has 0 spiro atoms. The van der Waals surface area contributed by atoms with Crippen molar-refractivity contribution in [3.8, 4) is 11.5 Å². The predicted octanol–water partition coefficient (Wildman–Crippen LogP) is 6.00. The third kappa shape index (κ3) is 4.49. The van der Waals surface area contributed by atoms with Crippen LogP contribution in [0.5, 0.6) is 0 Å². The lowest BCUT2D eigenvalue weighted by molar-refractivity contribution is -0.133. The maximum atomic E-state index is 16.4. The van der Waals surface area contributed by atoms with Crippen LogP contribution in [0.1, 0.15) is 85.0 Å². The second kappa shape index (κ2) is 9.13. The van der Waals surface area contributed by atoms with Crippen LogP contribution in [0.3, 0.4) is 0 Å². The summed E-state index contributed by atoms with van der Waals surface area (Å²) in [6.45, 7) is 6.58. The van der Waals surface area contributed by atoms with Crippen molar-refractivity contribution in [2.24, 2.45) is 29.1 Å². The van der Waals surface area contributed by atoms with Gasteiger partial charge in [0.05, 0.1) is 30.1 Å². The molecule has 2 aromatic rings. The third-order valence-electron chi connectivity index (χ3n) is 9.90. The number of halogens is 1. The predicted molar refractivity (Wildman–Crippen MR) is 131 cm³/mol. The van der Waals surface area contributed by atoms with Crippen LogP contribution in [0, 0.1) is 29.1 Å². The zero-order chi connectivity index (χ0) is 24.8. The number of rotatable bonds is 7. The van der Waals surface area contributed by atoms with Gasteiger partial charge in [-0.05, 0) is 81.5 Å². The summed E-state index contributed by atoms with van der Waals surface area (Å²) in [5.41, 5.74) is -1.23. The van der Waals surface area contributed by atoms with Gasteiger partial charge >= 0.3 is 0 Å². The number of hydrogen-bond acceptors (Lipinski definition) is 5. The molecule has 2 heterocycles. The molecule has 3 aliphatic carbocycles. The van der Waals surface area contributed by atoms with Crippen molar-refractivity contribution >= 4 is 5.78 Å². The van der Waals surface area contributed by atoms with Gasteiger partial charge in [-0.15, -0.1) is 0 Å². The maximum absolute atomic E-state index is 16.4. The summed E-state index contributed by atoms with van der Waals surface area (Å²) in [5.74, 6) is 1.46. The van der Waals surface area contributed by atoms with Gasteiger partial charge in [0.15, 0.2) is 5.78 Å². The first-order chi connectivity index (χ1) is 16.7. The molecule has 0 aliphatic heterocycles. The summed E-state index contributed by atoms with van der Waals surface area (Å²) < 4.78 is 23.5. The molecule has 7 heteroatoms. The highest BCUT2D eigenvalue weighted by Gasteiger charge is 2.59. The molecular weight excluding hydrogens is 445 g/mol. The summed E-state index contributed by atoms with van der Waals surface area (Å²) in [6, 6.07) is 0. The number of ketones is 1. The molecule has 1 N–H and O–H groups in total. The van der Waals surface area contributed by atoms with Crippen molar-refractivity contribution in [2.75, 3.05) is 0 Å². The van der Waals surface area contributed by atoms with E-state index in [2.05, 4.69) is 23.9 Å². The first kappa shape index (κ1) is 24.7. The van der Waals surface area contributed by atoms with Crippen LogP contribution in [-0.4, -0.2) is 36.9 Å². The average Bonchev–Trinajstić information content (AvgIpc) is 3.56. The lowest BCUT2D eigenvalue weighted by Gasteiger charge is -2.54. The highest BCUT2D eigenvalue weighted by atomic mass is 19.1. The van der Waals surface area contributed by atoms with E-state index in [-0.39, 0.29) is 29.6 Å². The van der Waals surface area contributed by atoms with Gasteiger partial charge in [-0.2, -0.15) is 5.10 Å². The molecular formula is C28H40FN3O3. The number of carbonyl (C=O) groups excluding carboxylic acids is 1. The summed E-state index contributed by atoms with van der Waals surface area (Å²) in [4.78, 5) is 17.7. The number of carbonyl (C=O) groups is 1. The second-order valence-corrected chi connectivity index (χ2v) is 12.1. The van der Waals surface area contributed by atoms with E-state index in [4.69, 9.17) is 4.42 Å². The van der Waals surface area contributed by atoms with Gasteiger partial charge in [0.2, 0.25) is 5.89 Å². The van der Waals surface area contributed by atoms with Gasteiger partial charge in [-0.3, -0.25) is 9.48 Å². The van der Waals surface area contributed by atoms with E-state index < -0.39 is 11.3 Å². The number of oxazole rings is 1. The quantitative estimate of drug-likeness (QED) is 0.520. The minimum Gasteiger partial charge on any atom is -0.444 e. The van der Waals surface area contributed by atoms with Crippen molar-refractivity contribution in [3.05, 3.63) is 24.9 Å². The van der Waals surface area contributed by atoms with Gasteiger partial charge in [0.1, 0.15) is 11.9 Å². The molecule has 3 fully saturated rings. The first-order valence-corrected chi connectivity index (χ1v) is 13.5. The van der Waals surface area contributed by atoms with E-state index in [9.17, 15) is 9.90 Å². The number of aliphatic hydroxyl groups is 1. The topological polar surface area (TPSA) is 81.2 Å². The Balaban J connectivity index is 1.31. The van der Waals surface area contributed by atoms with Crippen molar-refractivity contribution in [3.63, 3.8) is 0 Å². The van der Waals surface area contributed by atoms with Crippen LogP contribution >= 0.6 is 0 Å². The minimum absolute atomic E-state index is 0.00940. The fraction of sp³-hybridized carbons (Fsp3) is 0.750. The fourth-order valence-corrected chi connectivity index (χ4v) is 7.97. The molecule has 192 valence electrons. The molecule has 0 aromatic carbocycles. The highest BCUT2D eigenvalue weighted by Crippen LogP contribution is 2.63. The lowest BCUT2D eigenvalue weighted by Crippen LogP contribution is -2.52. The molecule has 0 radical (unpaired) electrons. The van der Waals surface area contributed by atoms with Crippen molar-refractivity contribution in [1.82, 2.24) is 14.8 Å². The normalized spacial score (nSPS) is 39.5. The number of aromatic nitrogens is 3. The average molecular weight is 486 g/mol. The number of Topliss-reactive ketones (excluding diaryl/α,β-unsaturated/α-hetero) is 1. The Bertz CT molecular complexity index is 1020. The third-order valence-corrected chi connectivity index (χ3v) is 9.90. The van der Waals surface area contributed by atoms with Crippen LogP contribution in [0.25, 0.3) is 11.5 Å². The smallest absolute Gasteiger partial charge is 0.229 e. The molecule has 5 rings (SSSR count). The zero-order valence-electron chi connectivity index (χ0n) is 21.4. The zero-order valence-corrected chi connectivity index (χ0v) is 21.4. The van der Waals surface area contributed by atoms with Gasteiger partial charge in [0.25, 0.3) is 0 Å². The molecule has 0 bridgehead atoms. The maximum Gasteiger partial charge on any atom is 0.229 e. The van der Waals surface area contributed by atoms with Gasteiger partial charge in [-0.1, -0.05) is 26.7 Å². The van der Waals surface area contributed by atoms with E-state index in [1.165, 1.54) is 6.26 Å². The molecule has 6 nitrogen and oxygen atoms in total. The Morgan fingerprint density at radius 3 is 2.63 bits per heavy atom. The molecule has 3 saturated carbocycles. The fourth-order valence-electron chi connectivity index (χ4n) is 7.97. The molecule has 3 aliphatic rings. The Kier molecular flexibility index (Phi) is 6.43. The molecule has 0 amide bonds. The van der Waals surface area contributed by atoms with E-state index in [0.29, 0.717) is 43.4 Å². The molecule has 0 unspecified atom stereocenters. The Morgan fingerprint density at radius 1 is 1.17 bits per heavy atom. The standard InChI is InChI=1S/C28H40FN3O3/c1-4-5-20-21-6-7-23(24(33)18-32-17-19(16-31-32)25-30-14-15-35-25)27(21,3)9-8-22(20)28(29)12-10-26(2,34)11-13-28/h14-17,20-23,34H,4-13,18H2,1-3H3/t20-,21-,22-,23+,26-,27-,28-/m0/s1. The number of fused-ring (bicyclic) bond motifs is 1. The van der Waals surface area contributed by atoms with Crippen molar-refractivity contribution in [2.45, 2.75) is 103 Å². The van der Waals surface area contributed by atoms with Crippen molar-refractivity contribution < 1.29 is 18.7 Å². The molecule has 35 heavy (non-hydrogen) atoms. The van der Waals surface area contributed by atoms with Crippen LogP contribution in [0.4, 0.5) is 4.39 Å². The van der Waals surface area contributed by atoms with Crippen LogP contribution in [0.15, 0.2) is 29.3 Å². The Morgan fingerprint density at radius 2 is 1.94 bits per heavy atom. The first-order valence-electron chi connectivity index (χ1n) is 13.5. The molecule has 0 saturated heterocycles. The summed E-state index contributed by atoms with van der Waals surface area (Å²) in [5, 5.41) is 14.8. The highest BCUT2D eigenvalue weighted by molar-refractivity contribution is 5.82.